The van der Waals surface area contributed by atoms with Crippen molar-refractivity contribution < 1.29 is 8.60 Å². The summed E-state index contributed by atoms with van der Waals surface area (Å²) in [5.74, 6) is 2.20. The first kappa shape index (κ1) is 13.5. The first-order chi connectivity index (χ1) is 7.63. The summed E-state index contributed by atoms with van der Waals surface area (Å²) in [6.45, 7) is 2.09. The van der Waals surface area contributed by atoms with Crippen LogP contribution in [0.15, 0.2) is 23.1 Å². The normalized spacial score (nSPS) is 12.6. The molecule has 0 amide bonds. The van der Waals surface area contributed by atoms with Gasteiger partial charge in [-0.1, -0.05) is 6.92 Å². The van der Waals surface area contributed by atoms with Gasteiger partial charge in [-0.25, -0.2) is 4.39 Å². The van der Waals surface area contributed by atoms with Crippen LogP contribution < -0.4 is 5.73 Å². The second kappa shape index (κ2) is 6.91. The Morgan fingerprint density at radius 2 is 2.19 bits per heavy atom. The molecule has 1 atom stereocenters. The van der Waals surface area contributed by atoms with E-state index in [1.165, 1.54) is 12.1 Å². The minimum absolute atomic E-state index is 0.325. The predicted molar refractivity (Wildman–Crippen MR) is 69.7 cm³/mol. The van der Waals surface area contributed by atoms with E-state index in [1.807, 2.05) is 11.8 Å². The van der Waals surface area contributed by atoms with Crippen molar-refractivity contribution in [2.75, 3.05) is 23.0 Å². The molecule has 1 aromatic carbocycles. The highest BCUT2D eigenvalue weighted by molar-refractivity contribution is 7.99. The zero-order valence-electron chi connectivity index (χ0n) is 9.24. The van der Waals surface area contributed by atoms with Gasteiger partial charge >= 0.3 is 0 Å². The topological polar surface area (TPSA) is 43.1 Å². The third kappa shape index (κ3) is 4.53. The zero-order valence-corrected chi connectivity index (χ0v) is 10.9. The van der Waals surface area contributed by atoms with E-state index in [0.717, 1.165) is 17.9 Å². The number of nitrogens with two attached hydrogens (primary N) is 1. The molecule has 0 aliphatic heterocycles. The molecule has 1 aromatic rings. The van der Waals surface area contributed by atoms with E-state index in [9.17, 15) is 8.60 Å². The molecular weight excluding hydrogens is 245 g/mol. The quantitative estimate of drug-likeness (QED) is 0.632. The summed E-state index contributed by atoms with van der Waals surface area (Å²) in [4.78, 5) is 0.485. The van der Waals surface area contributed by atoms with Gasteiger partial charge in [0.2, 0.25) is 0 Å². The van der Waals surface area contributed by atoms with E-state index < -0.39 is 16.6 Å². The van der Waals surface area contributed by atoms with Crippen LogP contribution in [-0.2, 0) is 10.8 Å². The standard InChI is InChI=1S/C11H16FNOS2/c1-2-15-4-3-5-16(14)11-7-9(12)6-10(13)8-11/h6-8H,2-5,13H2,1H3. The van der Waals surface area contributed by atoms with Crippen molar-refractivity contribution in [1.82, 2.24) is 0 Å². The molecule has 0 aromatic heterocycles. The van der Waals surface area contributed by atoms with Gasteiger partial charge in [0.05, 0.1) is 10.8 Å². The van der Waals surface area contributed by atoms with Crippen molar-refractivity contribution >= 4 is 28.2 Å². The molecule has 0 bridgehead atoms. The maximum Gasteiger partial charge on any atom is 0.126 e. The Balaban J connectivity index is 2.52. The fourth-order valence-electron chi connectivity index (χ4n) is 1.27. The smallest absolute Gasteiger partial charge is 0.126 e. The van der Waals surface area contributed by atoms with Gasteiger partial charge in [-0.15, -0.1) is 0 Å². The Hall–Kier alpha value is -0.550. The molecule has 16 heavy (non-hydrogen) atoms. The number of hydrogen-bond donors (Lipinski definition) is 1. The highest BCUT2D eigenvalue weighted by atomic mass is 32.2. The third-order valence-corrected chi connectivity index (χ3v) is 4.39. The number of thioether (sulfide) groups is 1. The lowest BCUT2D eigenvalue weighted by molar-refractivity contribution is 0.623. The van der Waals surface area contributed by atoms with Crippen LogP contribution in [0.5, 0.6) is 0 Å². The molecular formula is C11H16FNOS2. The van der Waals surface area contributed by atoms with Crippen LogP contribution in [-0.4, -0.2) is 21.5 Å². The molecule has 5 heteroatoms. The fraction of sp³-hybridized carbons (Fsp3) is 0.455. The average molecular weight is 261 g/mol. The predicted octanol–water partition coefficient (Wildman–Crippen LogP) is 2.66. The van der Waals surface area contributed by atoms with E-state index >= 15 is 0 Å². The lowest BCUT2D eigenvalue weighted by Gasteiger charge is -2.03. The monoisotopic (exact) mass is 261 g/mol. The van der Waals surface area contributed by atoms with Gasteiger partial charge in [0.15, 0.2) is 0 Å². The van der Waals surface area contributed by atoms with Crippen LogP contribution in [0.4, 0.5) is 10.1 Å². The third-order valence-electron chi connectivity index (χ3n) is 1.98. The first-order valence-corrected chi connectivity index (χ1v) is 7.63. The molecule has 0 saturated carbocycles. The van der Waals surface area contributed by atoms with Crippen molar-refractivity contribution in [2.24, 2.45) is 0 Å². The molecule has 0 radical (unpaired) electrons. The second-order valence-corrected chi connectivity index (χ2v) is 6.28. The molecule has 0 aliphatic carbocycles. The molecule has 1 unspecified atom stereocenters. The number of nitrogen functional groups attached to an aromatic ring is 1. The molecule has 0 saturated heterocycles. The summed E-state index contributed by atoms with van der Waals surface area (Å²) in [7, 11) is -1.14. The van der Waals surface area contributed by atoms with Gasteiger partial charge in [-0.2, -0.15) is 11.8 Å². The molecule has 1 rings (SSSR count). The SMILES string of the molecule is CCSCCCS(=O)c1cc(N)cc(F)c1. The summed E-state index contributed by atoms with van der Waals surface area (Å²) in [6, 6.07) is 4.10. The molecule has 0 spiro atoms. The lowest BCUT2D eigenvalue weighted by Crippen LogP contribution is -2.01. The molecule has 2 N–H and O–H groups in total. The van der Waals surface area contributed by atoms with Gasteiger partial charge in [0, 0.05) is 16.3 Å². The summed E-state index contributed by atoms with van der Waals surface area (Å²) in [6.07, 6.45) is 0.877. The van der Waals surface area contributed by atoms with Gasteiger partial charge in [0.25, 0.3) is 0 Å². The maximum absolute atomic E-state index is 13.0. The lowest BCUT2D eigenvalue weighted by atomic mass is 10.3. The molecule has 90 valence electrons. The zero-order chi connectivity index (χ0) is 12.0. The van der Waals surface area contributed by atoms with Gasteiger partial charge in [-0.05, 0) is 36.1 Å². The second-order valence-electron chi connectivity index (χ2n) is 3.32. The Labute approximate surface area is 102 Å². The van der Waals surface area contributed by atoms with E-state index in [-0.39, 0.29) is 0 Å². The number of rotatable bonds is 6. The van der Waals surface area contributed by atoms with Crippen LogP contribution in [0, 0.1) is 5.82 Å². The van der Waals surface area contributed by atoms with Crippen LogP contribution in [0.25, 0.3) is 0 Å². The minimum Gasteiger partial charge on any atom is -0.399 e. The van der Waals surface area contributed by atoms with Gasteiger partial charge < -0.3 is 5.73 Å². The number of halogens is 1. The summed E-state index contributed by atoms with van der Waals surface area (Å²) in [5, 5.41) is 0. The van der Waals surface area contributed by atoms with E-state index in [1.54, 1.807) is 6.07 Å². The minimum atomic E-state index is -1.14. The van der Waals surface area contributed by atoms with E-state index in [4.69, 9.17) is 5.73 Å². The Morgan fingerprint density at radius 1 is 1.44 bits per heavy atom. The molecule has 0 fully saturated rings. The van der Waals surface area contributed by atoms with Crippen molar-refractivity contribution in [3.63, 3.8) is 0 Å². The molecule has 0 aliphatic rings. The van der Waals surface area contributed by atoms with Crippen LogP contribution >= 0.6 is 11.8 Å². The highest BCUT2D eigenvalue weighted by Gasteiger charge is 2.06. The highest BCUT2D eigenvalue weighted by Crippen LogP contribution is 2.15. The fourth-order valence-corrected chi connectivity index (χ4v) is 3.24. The van der Waals surface area contributed by atoms with Crippen molar-refractivity contribution in [3.8, 4) is 0 Å². The number of anilines is 1. The maximum atomic E-state index is 13.0. The van der Waals surface area contributed by atoms with Gasteiger partial charge in [-0.3, -0.25) is 4.21 Å². The summed E-state index contributed by atoms with van der Waals surface area (Å²) in [5.41, 5.74) is 5.82. The van der Waals surface area contributed by atoms with Gasteiger partial charge in [0.1, 0.15) is 5.82 Å². The number of hydrogen-bond acceptors (Lipinski definition) is 3. The molecule has 2 nitrogen and oxygen atoms in total. The molecule has 0 heterocycles. The summed E-state index contributed by atoms with van der Waals surface area (Å²) < 4.78 is 24.8. The first-order valence-electron chi connectivity index (χ1n) is 5.15. The van der Waals surface area contributed by atoms with Crippen LogP contribution in [0.3, 0.4) is 0 Å². The van der Waals surface area contributed by atoms with Crippen molar-refractivity contribution in [2.45, 2.75) is 18.2 Å². The average Bonchev–Trinajstić information content (AvgIpc) is 2.22. The largest absolute Gasteiger partial charge is 0.399 e. The van der Waals surface area contributed by atoms with Crippen LogP contribution in [0.1, 0.15) is 13.3 Å². The van der Waals surface area contributed by atoms with E-state index in [2.05, 4.69) is 6.92 Å². The summed E-state index contributed by atoms with van der Waals surface area (Å²) >= 11 is 1.82. The van der Waals surface area contributed by atoms with Crippen molar-refractivity contribution in [1.29, 1.82) is 0 Å². The Bertz CT molecular complexity index is 351. The van der Waals surface area contributed by atoms with Crippen molar-refractivity contribution in [3.05, 3.63) is 24.0 Å². The van der Waals surface area contributed by atoms with E-state index in [0.29, 0.717) is 16.3 Å². The Morgan fingerprint density at radius 3 is 2.81 bits per heavy atom. The number of benzene rings is 1. The Kier molecular flexibility index (Phi) is 5.84. The van der Waals surface area contributed by atoms with Crippen LogP contribution in [0.2, 0.25) is 0 Å².